The van der Waals surface area contributed by atoms with Crippen LogP contribution in [0.25, 0.3) is 28.0 Å². The van der Waals surface area contributed by atoms with E-state index >= 15 is 0 Å². The first-order chi connectivity index (χ1) is 17.5. The lowest BCUT2D eigenvalue weighted by Gasteiger charge is -2.24. The zero-order valence-electron chi connectivity index (χ0n) is 20.3. The molecule has 2 aromatic heterocycles. The minimum Gasteiger partial charge on any atom is -0.466 e. The van der Waals surface area contributed by atoms with Gasteiger partial charge in [0.15, 0.2) is 5.65 Å². The number of pyridine rings is 1. The standard InChI is InChI=1S/C28H30ClN3O4/c1-2-35-27(34)21-11-7-19(8-12-21)18-5-9-20(10-6-18)25-23(29)15-24-26(31-25)32-28(30-24)36-22-13-3-17(16-33)4-14-22/h5-7,9-10,15-17,21-22H,2-4,8,11-14H2,1H3,(H,30,31,32). The third-order valence-corrected chi connectivity index (χ3v) is 7.44. The van der Waals surface area contributed by atoms with Crippen molar-refractivity contribution in [1.82, 2.24) is 15.0 Å². The summed E-state index contributed by atoms with van der Waals surface area (Å²) >= 11 is 6.59. The van der Waals surface area contributed by atoms with E-state index in [9.17, 15) is 9.59 Å². The molecule has 1 atom stereocenters. The molecular weight excluding hydrogens is 478 g/mol. The molecule has 1 aromatic carbocycles. The number of allylic oxidation sites excluding steroid dienone is 2. The first-order valence-electron chi connectivity index (χ1n) is 12.7. The van der Waals surface area contributed by atoms with Crippen molar-refractivity contribution in [2.45, 2.75) is 58.0 Å². The van der Waals surface area contributed by atoms with Gasteiger partial charge in [0.05, 0.1) is 28.8 Å². The quantitative estimate of drug-likeness (QED) is 0.304. The van der Waals surface area contributed by atoms with Crippen LogP contribution in [0.15, 0.2) is 36.4 Å². The molecule has 1 fully saturated rings. The molecule has 1 saturated carbocycles. The van der Waals surface area contributed by atoms with Crippen LogP contribution in [0.1, 0.15) is 57.4 Å². The van der Waals surface area contributed by atoms with Crippen LogP contribution in [0.2, 0.25) is 5.02 Å². The van der Waals surface area contributed by atoms with Crippen LogP contribution in [-0.2, 0) is 14.3 Å². The van der Waals surface area contributed by atoms with Crippen molar-refractivity contribution in [3.05, 3.63) is 47.0 Å². The molecule has 0 amide bonds. The number of imidazole rings is 1. The van der Waals surface area contributed by atoms with Gasteiger partial charge in [-0.05, 0) is 69.1 Å². The number of aromatic amines is 1. The summed E-state index contributed by atoms with van der Waals surface area (Å²) in [6.07, 6.45) is 8.98. The Morgan fingerprint density at radius 1 is 1.11 bits per heavy atom. The number of aldehydes is 1. The van der Waals surface area contributed by atoms with Crippen LogP contribution in [-0.4, -0.2) is 39.9 Å². The van der Waals surface area contributed by atoms with E-state index in [1.807, 2.05) is 25.1 Å². The number of H-pyrrole nitrogens is 1. The molecule has 2 aliphatic carbocycles. The molecule has 36 heavy (non-hydrogen) atoms. The second kappa shape index (κ2) is 10.8. The van der Waals surface area contributed by atoms with E-state index in [2.05, 4.69) is 28.2 Å². The topological polar surface area (TPSA) is 94.2 Å². The average Bonchev–Trinajstić information content (AvgIpc) is 3.30. The van der Waals surface area contributed by atoms with Gasteiger partial charge >= 0.3 is 5.97 Å². The number of carbonyl (C=O) groups excluding carboxylic acids is 2. The Hall–Kier alpha value is -3.19. The number of rotatable bonds is 7. The highest BCUT2D eigenvalue weighted by atomic mass is 35.5. The van der Waals surface area contributed by atoms with E-state index in [4.69, 9.17) is 26.1 Å². The molecule has 2 aliphatic rings. The summed E-state index contributed by atoms with van der Waals surface area (Å²) < 4.78 is 11.2. The molecule has 2 heterocycles. The maximum absolute atomic E-state index is 12.0. The maximum atomic E-state index is 12.0. The van der Waals surface area contributed by atoms with Gasteiger partial charge in [-0.1, -0.05) is 41.9 Å². The number of fused-ring (bicyclic) bond motifs is 1. The van der Waals surface area contributed by atoms with E-state index in [0.717, 1.165) is 61.5 Å². The van der Waals surface area contributed by atoms with Crippen molar-refractivity contribution < 1.29 is 19.1 Å². The minimum absolute atomic E-state index is 0.0446. The number of halogens is 1. The van der Waals surface area contributed by atoms with Crippen LogP contribution in [0.5, 0.6) is 6.01 Å². The Labute approximate surface area is 215 Å². The Morgan fingerprint density at radius 3 is 2.53 bits per heavy atom. The van der Waals surface area contributed by atoms with Gasteiger partial charge < -0.3 is 19.3 Å². The fourth-order valence-corrected chi connectivity index (χ4v) is 5.33. The van der Waals surface area contributed by atoms with Crippen molar-refractivity contribution in [3.8, 4) is 17.3 Å². The highest BCUT2D eigenvalue weighted by molar-refractivity contribution is 6.33. The van der Waals surface area contributed by atoms with Crippen LogP contribution < -0.4 is 4.74 Å². The SMILES string of the molecule is CCOC(=O)C1CC=C(c2ccc(-c3nc4nc(OC5CCC(C=O)CC5)[nH]c4cc3Cl)cc2)CC1. The number of ether oxygens (including phenoxy) is 2. The number of benzene rings is 1. The molecule has 0 spiro atoms. The number of esters is 1. The number of hydrogen-bond donors (Lipinski definition) is 1. The number of nitrogens with one attached hydrogen (secondary N) is 1. The van der Waals surface area contributed by atoms with E-state index in [0.29, 0.717) is 35.4 Å². The van der Waals surface area contributed by atoms with Crippen molar-refractivity contribution in [1.29, 1.82) is 0 Å². The lowest BCUT2D eigenvalue weighted by molar-refractivity contribution is -0.148. The molecule has 0 saturated heterocycles. The van der Waals surface area contributed by atoms with E-state index in [1.54, 1.807) is 0 Å². The first-order valence-corrected chi connectivity index (χ1v) is 13.1. The van der Waals surface area contributed by atoms with Gasteiger partial charge in [0.2, 0.25) is 0 Å². The highest BCUT2D eigenvalue weighted by Gasteiger charge is 2.24. The fourth-order valence-electron chi connectivity index (χ4n) is 5.07. The fraction of sp³-hybridized carbons (Fsp3) is 0.429. The monoisotopic (exact) mass is 507 g/mol. The Balaban J connectivity index is 1.29. The molecule has 188 valence electrons. The van der Waals surface area contributed by atoms with Gasteiger partial charge in [-0.3, -0.25) is 4.79 Å². The van der Waals surface area contributed by atoms with Crippen molar-refractivity contribution in [3.63, 3.8) is 0 Å². The number of nitrogens with zero attached hydrogens (tertiary/aromatic N) is 2. The predicted octanol–water partition coefficient (Wildman–Crippen LogP) is 6.16. The van der Waals surface area contributed by atoms with Gasteiger partial charge in [0.25, 0.3) is 6.01 Å². The highest BCUT2D eigenvalue weighted by Crippen LogP contribution is 2.34. The van der Waals surface area contributed by atoms with Crippen LogP contribution >= 0.6 is 11.6 Å². The summed E-state index contributed by atoms with van der Waals surface area (Å²) in [6, 6.07) is 10.4. The van der Waals surface area contributed by atoms with Crippen molar-refractivity contribution >= 4 is 40.6 Å². The van der Waals surface area contributed by atoms with Gasteiger partial charge in [0.1, 0.15) is 12.4 Å². The summed E-state index contributed by atoms with van der Waals surface area (Å²) in [4.78, 5) is 35.4. The number of carbonyl (C=O) groups is 2. The smallest absolute Gasteiger partial charge is 0.309 e. The van der Waals surface area contributed by atoms with Gasteiger partial charge in [-0.2, -0.15) is 4.98 Å². The van der Waals surface area contributed by atoms with Crippen molar-refractivity contribution in [2.75, 3.05) is 6.61 Å². The molecule has 7 nitrogen and oxygen atoms in total. The minimum atomic E-state index is -0.101. The van der Waals surface area contributed by atoms with E-state index in [-0.39, 0.29) is 23.9 Å². The van der Waals surface area contributed by atoms with Crippen LogP contribution in [0, 0.1) is 11.8 Å². The molecule has 1 unspecified atom stereocenters. The predicted molar refractivity (Wildman–Crippen MR) is 139 cm³/mol. The largest absolute Gasteiger partial charge is 0.466 e. The molecule has 1 N–H and O–H groups in total. The first kappa shape index (κ1) is 24.5. The van der Waals surface area contributed by atoms with E-state index < -0.39 is 0 Å². The summed E-state index contributed by atoms with van der Waals surface area (Å²) in [7, 11) is 0. The molecule has 8 heteroatoms. The third-order valence-electron chi connectivity index (χ3n) is 7.15. The summed E-state index contributed by atoms with van der Waals surface area (Å²) in [6.45, 7) is 2.26. The van der Waals surface area contributed by atoms with Crippen LogP contribution in [0.3, 0.4) is 0 Å². The second-order valence-electron chi connectivity index (χ2n) is 9.55. The molecule has 5 rings (SSSR count). The Morgan fingerprint density at radius 2 is 1.86 bits per heavy atom. The molecule has 3 aromatic rings. The third kappa shape index (κ3) is 5.31. The molecule has 0 aliphatic heterocycles. The Kier molecular flexibility index (Phi) is 7.37. The van der Waals surface area contributed by atoms with E-state index in [1.165, 1.54) is 5.57 Å². The number of hydrogen-bond acceptors (Lipinski definition) is 6. The van der Waals surface area contributed by atoms with Crippen molar-refractivity contribution in [2.24, 2.45) is 11.8 Å². The lowest BCUT2D eigenvalue weighted by Crippen LogP contribution is -2.25. The zero-order valence-corrected chi connectivity index (χ0v) is 21.1. The maximum Gasteiger partial charge on any atom is 0.309 e. The van der Waals surface area contributed by atoms with Gasteiger partial charge in [-0.15, -0.1) is 0 Å². The number of aromatic nitrogens is 3. The molecule has 0 bridgehead atoms. The molecular formula is C28H30ClN3O4. The zero-order chi connectivity index (χ0) is 25.1. The summed E-state index contributed by atoms with van der Waals surface area (Å²) in [5.41, 5.74) is 5.23. The lowest BCUT2D eigenvalue weighted by atomic mass is 9.86. The molecule has 0 radical (unpaired) electrons. The van der Waals surface area contributed by atoms with Gasteiger partial charge in [-0.25, -0.2) is 4.98 Å². The average molecular weight is 508 g/mol. The normalized spacial score (nSPS) is 22.2. The summed E-state index contributed by atoms with van der Waals surface area (Å²) in [5.74, 6) is -0.000814. The summed E-state index contributed by atoms with van der Waals surface area (Å²) in [5, 5.41) is 0.533. The Bertz CT molecular complexity index is 1280. The second-order valence-corrected chi connectivity index (χ2v) is 9.96. The van der Waals surface area contributed by atoms with Crippen LogP contribution in [0.4, 0.5) is 0 Å². The van der Waals surface area contributed by atoms with Gasteiger partial charge in [0, 0.05) is 11.5 Å².